The summed E-state index contributed by atoms with van der Waals surface area (Å²) in [7, 11) is 0. The van der Waals surface area contributed by atoms with E-state index in [1.165, 1.54) is 24.9 Å². The predicted molar refractivity (Wildman–Crippen MR) is 290 cm³/mol. The highest BCUT2D eigenvalue weighted by Crippen LogP contribution is 2.56. The third kappa shape index (κ3) is 10.2. The Balaban J connectivity index is 0.760. The third-order valence-corrected chi connectivity index (χ3v) is 19.7. The van der Waals surface area contributed by atoms with E-state index in [0.717, 1.165) is 80.4 Å². The lowest BCUT2D eigenvalue weighted by Gasteiger charge is -2.63. The van der Waals surface area contributed by atoms with Crippen LogP contribution in [0.25, 0.3) is 0 Å². The van der Waals surface area contributed by atoms with E-state index in [0.29, 0.717) is 35.2 Å². The number of nitrogens with zero attached hydrogens (tertiary/aromatic N) is 7. The Morgan fingerprint density at radius 1 is 0.918 bits per heavy atom. The van der Waals surface area contributed by atoms with Crippen molar-refractivity contribution in [1.29, 1.82) is 5.26 Å². The molecule has 8 unspecified atom stereocenters. The molecule has 2 aromatic rings. The summed E-state index contributed by atoms with van der Waals surface area (Å²) in [6.45, 7) is 29.9. The monoisotopic (exact) mass is 1020 g/mol. The molecule has 8 aliphatic rings. The standard InChI is InChI=1S/C57H83N11O4S/c1-33-27-42(22-19-39(33)29-58)71-53-56(8,9)52(57(53,10)11)62-50(70)43-30-59-54(61-47(43)37-15-13-12-14-16-37)67-31-41(32-67)66-25-23-65(24-26-66)40-20-17-38(18-21-40)48-46-34(2)35(3)73-51(46)68-36(4)63-64-49(68)44(60-48)28-45(69)72-55(5,6)7/h17-22,27,34-37,41,43-44,46,49,51-54,59,63-64H,12-16,23-26,28,30-32H2,1-11H3,(H,62,70)/t34?,35?,36?,43?,44-,46?,49?,51?,52?,53?,54?/m0/s1. The number of anilines is 1. The van der Waals surface area contributed by atoms with Crippen molar-refractivity contribution in [2.45, 2.75) is 174 Å². The van der Waals surface area contributed by atoms with Gasteiger partial charge < -0.3 is 19.7 Å². The van der Waals surface area contributed by atoms with Crippen LogP contribution >= 0.6 is 11.8 Å². The van der Waals surface area contributed by atoms with Gasteiger partial charge in [-0.25, -0.2) is 10.9 Å². The second kappa shape index (κ2) is 20.5. The van der Waals surface area contributed by atoms with Crippen molar-refractivity contribution in [3.05, 3.63) is 59.2 Å². The molecule has 1 amide bonds. The summed E-state index contributed by atoms with van der Waals surface area (Å²) in [6, 6.07) is 17.1. The second-order valence-corrected chi connectivity index (χ2v) is 26.4. The van der Waals surface area contributed by atoms with Gasteiger partial charge in [-0.05, 0) is 101 Å². The summed E-state index contributed by atoms with van der Waals surface area (Å²) in [5, 5.41) is 17.4. The summed E-state index contributed by atoms with van der Waals surface area (Å²) < 4.78 is 12.5. The van der Waals surface area contributed by atoms with Crippen molar-refractivity contribution >= 4 is 40.7 Å². The molecule has 6 aliphatic heterocycles. The normalized spacial score (nSPS) is 34.0. The summed E-state index contributed by atoms with van der Waals surface area (Å²) in [4.78, 5) is 49.0. The Hall–Kier alpha value is -4.08. The number of carbonyl (C=O) groups is 2. The number of nitrogens with one attached hydrogen (secondary N) is 4. The van der Waals surface area contributed by atoms with Crippen LogP contribution in [-0.2, 0) is 14.3 Å². The summed E-state index contributed by atoms with van der Waals surface area (Å²) >= 11 is 2.04. The van der Waals surface area contributed by atoms with Gasteiger partial charge in [-0.3, -0.25) is 39.6 Å². The molecule has 15 nitrogen and oxygen atoms in total. The SMILES string of the molecule is Cc1cc(OC2C(C)(C)C(NC(=O)C3CNC(N4CC(N5CCN(c6ccc(C7=N[C@@H](CC(=O)OC(C)(C)C)C8NNC(C)N8C8SC(C)C(C)C78)cc6)CC5)C4)N=C3C3CCCCC3)C2(C)C)ccc1C#N. The summed E-state index contributed by atoms with van der Waals surface area (Å²) in [5.74, 6) is 1.29. The minimum Gasteiger partial charge on any atom is -0.489 e. The first-order chi connectivity index (χ1) is 34.7. The third-order valence-electron chi connectivity index (χ3n) is 18.0. The molecule has 0 radical (unpaired) electrons. The van der Waals surface area contributed by atoms with E-state index >= 15 is 0 Å². The number of hydrazine groups is 1. The zero-order valence-corrected chi connectivity index (χ0v) is 46.2. The number of hydrogen-bond acceptors (Lipinski definition) is 15. The first-order valence-corrected chi connectivity index (χ1v) is 28.5. The van der Waals surface area contributed by atoms with E-state index in [4.69, 9.17) is 19.5 Å². The lowest BCUT2D eigenvalue weighted by Crippen LogP contribution is -2.75. The van der Waals surface area contributed by atoms with Gasteiger partial charge in [0.2, 0.25) is 5.91 Å². The van der Waals surface area contributed by atoms with E-state index in [1.807, 2.05) is 57.7 Å². The molecule has 2 saturated carbocycles. The Morgan fingerprint density at radius 3 is 2.27 bits per heavy atom. The van der Waals surface area contributed by atoms with Crippen LogP contribution in [0.15, 0.2) is 52.4 Å². The molecular formula is C57H83N11O4S. The van der Waals surface area contributed by atoms with Crippen molar-refractivity contribution in [1.82, 2.24) is 36.2 Å². The van der Waals surface area contributed by atoms with Crippen molar-refractivity contribution in [3.63, 3.8) is 0 Å². The van der Waals surface area contributed by atoms with Crippen LogP contribution in [0.5, 0.6) is 5.75 Å². The number of thioether (sulfide) groups is 1. The number of piperazine rings is 1. The highest BCUT2D eigenvalue weighted by atomic mass is 32.2. The maximum absolute atomic E-state index is 14.5. The van der Waals surface area contributed by atoms with Gasteiger partial charge in [0.25, 0.3) is 0 Å². The predicted octanol–water partition coefficient (Wildman–Crippen LogP) is 6.89. The molecule has 73 heavy (non-hydrogen) atoms. The Bertz CT molecular complexity index is 2450. The minimum atomic E-state index is -0.559. The molecule has 0 spiro atoms. The van der Waals surface area contributed by atoms with Gasteiger partial charge in [-0.2, -0.15) is 5.26 Å². The first kappa shape index (κ1) is 52.4. The number of amides is 1. The van der Waals surface area contributed by atoms with Crippen molar-refractivity contribution in [3.8, 4) is 11.8 Å². The maximum Gasteiger partial charge on any atom is 0.308 e. The molecule has 6 heterocycles. The fourth-order valence-corrected chi connectivity index (χ4v) is 16.0. The van der Waals surface area contributed by atoms with Crippen molar-refractivity contribution < 1.29 is 19.1 Å². The smallest absolute Gasteiger partial charge is 0.308 e. The molecule has 0 bridgehead atoms. The maximum atomic E-state index is 14.5. The van der Waals surface area contributed by atoms with E-state index in [2.05, 4.69) is 120 Å². The number of aliphatic imine (C=N–C) groups is 2. The van der Waals surface area contributed by atoms with Crippen LogP contribution in [0.4, 0.5) is 5.69 Å². The van der Waals surface area contributed by atoms with Gasteiger partial charge in [-0.15, -0.1) is 11.8 Å². The molecule has 0 aromatic heterocycles. The van der Waals surface area contributed by atoms with E-state index in [1.54, 1.807) is 0 Å². The van der Waals surface area contributed by atoms with Crippen LogP contribution in [0.1, 0.15) is 124 Å². The number of aryl methyl sites for hydroxylation is 1. The lowest BCUT2D eigenvalue weighted by atomic mass is 9.49. The number of carbonyl (C=O) groups excluding carboxylic acids is 2. The molecule has 16 heteroatoms. The van der Waals surface area contributed by atoms with Crippen molar-refractivity contribution in [2.24, 2.45) is 44.5 Å². The number of rotatable bonds is 11. The number of esters is 1. The summed E-state index contributed by atoms with van der Waals surface area (Å²) in [5.41, 5.74) is 11.9. The molecule has 6 fully saturated rings. The molecule has 4 N–H and O–H groups in total. The van der Waals surface area contributed by atoms with Gasteiger partial charge in [-0.1, -0.05) is 72.9 Å². The van der Waals surface area contributed by atoms with Gasteiger partial charge in [0.1, 0.15) is 17.5 Å². The number of fused-ring (bicyclic) bond motifs is 3. The largest absolute Gasteiger partial charge is 0.489 e. The number of benzene rings is 2. The minimum absolute atomic E-state index is 0.0706. The zero-order chi connectivity index (χ0) is 51.7. The molecule has 9 atom stereocenters. The van der Waals surface area contributed by atoms with Crippen LogP contribution < -0.4 is 31.1 Å². The van der Waals surface area contributed by atoms with Gasteiger partial charge in [0.15, 0.2) is 6.29 Å². The molecular weight excluding hydrogens is 935 g/mol. The van der Waals surface area contributed by atoms with Gasteiger partial charge >= 0.3 is 5.97 Å². The number of hydrogen-bond donors (Lipinski definition) is 4. The molecule has 2 aromatic carbocycles. The van der Waals surface area contributed by atoms with Crippen LogP contribution in [-0.4, -0.2) is 143 Å². The molecule has 2 aliphatic carbocycles. The second-order valence-electron chi connectivity index (χ2n) is 24.9. The first-order valence-electron chi connectivity index (χ1n) is 27.6. The molecule has 10 rings (SSSR count). The number of likely N-dealkylation sites (tertiary alicyclic amines) is 1. The quantitative estimate of drug-likeness (QED) is 0.172. The average molecular weight is 1020 g/mol. The fourth-order valence-electron chi connectivity index (χ4n) is 14.2. The Kier molecular flexibility index (Phi) is 14.7. The molecule has 396 valence electrons. The van der Waals surface area contributed by atoms with Crippen LogP contribution in [0, 0.1) is 52.8 Å². The van der Waals surface area contributed by atoms with E-state index in [-0.39, 0.29) is 83.1 Å². The number of nitriles is 1. The Morgan fingerprint density at radius 2 is 1.62 bits per heavy atom. The van der Waals surface area contributed by atoms with Crippen molar-refractivity contribution in [2.75, 3.05) is 50.7 Å². The highest BCUT2D eigenvalue weighted by Gasteiger charge is 2.64. The average Bonchev–Trinajstić information content (AvgIpc) is 3.82. The van der Waals surface area contributed by atoms with Gasteiger partial charge in [0, 0.05) is 97.0 Å². The fraction of sp³-hybridized carbons (Fsp3) is 0.702. The van der Waals surface area contributed by atoms with Gasteiger partial charge in [0.05, 0.1) is 47.7 Å². The summed E-state index contributed by atoms with van der Waals surface area (Å²) in [6.07, 6.45) is 5.81. The van der Waals surface area contributed by atoms with E-state index in [9.17, 15) is 14.9 Å². The Labute approximate surface area is 439 Å². The van der Waals surface area contributed by atoms with E-state index < -0.39 is 5.60 Å². The van der Waals surface area contributed by atoms with Crippen LogP contribution in [0.3, 0.4) is 0 Å². The lowest BCUT2D eigenvalue weighted by molar-refractivity contribution is -0.174. The molecule has 4 saturated heterocycles. The van der Waals surface area contributed by atoms with Crippen LogP contribution in [0.2, 0.25) is 0 Å². The zero-order valence-electron chi connectivity index (χ0n) is 45.4. The number of ether oxygens (including phenoxy) is 2. The highest BCUT2D eigenvalue weighted by molar-refractivity contribution is 8.00. The topological polar surface area (TPSA) is 162 Å².